The molecule has 1 fully saturated rings. The molecule has 1 atom stereocenters. The van der Waals surface area contributed by atoms with Crippen molar-refractivity contribution >= 4 is 11.9 Å². The number of carbonyl (C=O) groups is 1. The highest BCUT2D eigenvalue weighted by Gasteiger charge is 2.25. The van der Waals surface area contributed by atoms with Gasteiger partial charge in [-0.15, -0.1) is 5.10 Å². The summed E-state index contributed by atoms with van der Waals surface area (Å²) in [5, 5.41) is 11.1. The van der Waals surface area contributed by atoms with E-state index in [2.05, 4.69) is 15.5 Å². The predicted molar refractivity (Wildman–Crippen MR) is 99.5 cm³/mol. The summed E-state index contributed by atoms with van der Waals surface area (Å²) >= 11 is 0. The predicted octanol–water partition coefficient (Wildman–Crippen LogP) is 2.56. The minimum atomic E-state index is -0.653. The van der Waals surface area contributed by atoms with Gasteiger partial charge in [0.05, 0.1) is 13.2 Å². The van der Waals surface area contributed by atoms with Gasteiger partial charge in [0.15, 0.2) is 0 Å². The molecule has 0 saturated carbocycles. The maximum Gasteiger partial charge on any atom is 0.318 e. The SMILES string of the molecule is O=C(N[C@H](c1ccccc1)c1nnc(N2CCOCC2)o1)c1cccc(F)c1. The first-order chi connectivity index (χ1) is 13.7. The number of rotatable bonds is 5. The first-order valence-corrected chi connectivity index (χ1v) is 8.98. The number of nitrogens with zero attached hydrogens (tertiary/aromatic N) is 3. The molecule has 2 aromatic carbocycles. The van der Waals surface area contributed by atoms with Gasteiger partial charge in [0.25, 0.3) is 5.91 Å². The molecule has 1 aliphatic heterocycles. The number of ether oxygens (including phenoxy) is 1. The number of morpholine rings is 1. The van der Waals surface area contributed by atoms with E-state index in [1.807, 2.05) is 35.2 Å². The molecular weight excluding hydrogens is 363 g/mol. The summed E-state index contributed by atoms with van der Waals surface area (Å²) < 4.78 is 24.7. The number of carbonyl (C=O) groups excluding carboxylic acids is 1. The van der Waals surface area contributed by atoms with E-state index in [9.17, 15) is 9.18 Å². The number of hydrogen-bond donors (Lipinski definition) is 1. The molecule has 0 unspecified atom stereocenters. The Morgan fingerprint density at radius 3 is 2.61 bits per heavy atom. The molecule has 7 nitrogen and oxygen atoms in total. The Bertz CT molecular complexity index is 941. The smallest absolute Gasteiger partial charge is 0.318 e. The van der Waals surface area contributed by atoms with Crippen molar-refractivity contribution in [2.45, 2.75) is 6.04 Å². The number of anilines is 1. The third-order valence-corrected chi connectivity index (χ3v) is 4.45. The number of nitrogens with one attached hydrogen (secondary N) is 1. The lowest BCUT2D eigenvalue weighted by Gasteiger charge is -2.24. The Morgan fingerprint density at radius 1 is 1.07 bits per heavy atom. The van der Waals surface area contributed by atoms with E-state index < -0.39 is 17.8 Å². The largest absolute Gasteiger partial charge is 0.405 e. The lowest BCUT2D eigenvalue weighted by Crippen LogP contribution is -2.36. The molecule has 4 rings (SSSR count). The quantitative estimate of drug-likeness (QED) is 0.731. The summed E-state index contributed by atoms with van der Waals surface area (Å²) in [6.45, 7) is 2.51. The molecule has 1 saturated heterocycles. The first-order valence-electron chi connectivity index (χ1n) is 8.98. The van der Waals surface area contributed by atoms with E-state index in [1.54, 1.807) is 6.07 Å². The van der Waals surface area contributed by atoms with Gasteiger partial charge >= 0.3 is 6.01 Å². The van der Waals surface area contributed by atoms with Crippen molar-refractivity contribution in [2.75, 3.05) is 31.2 Å². The summed E-state index contributed by atoms with van der Waals surface area (Å²) in [7, 11) is 0. The van der Waals surface area contributed by atoms with Crippen LogP contribution in [0.4, 0.5) is 10.4 Å². The molecule has 0 bridgehead atoms. The molecule has 28 heavy (non-hydrogen) atoms. The van der Waals surface area contributed by atoms with Gasteiger partial charge in [-0.25, -0.2) is 4.39 Å². The van der Waals surface area contributed by atoms with Crippen LogP contribution >= 0.6 is 0 Å². The number of halogens is 1. The molecular formula is C20H19FN4O3. The van der Waals surface area contributed by atoms with Crippen LogP contribution in [0, 0.1) is 5.82 Å². The zero-order chi connectivity index (χ0) is 19.3. The van der Waals surface area contributed by atoms with Crippen LogP contribution in [-0.4, -0.2) is 42.4 Å². The van der Waals surface area contributed by atoms with Crippen molar-refractivity contribution in [2.24, 2.45) is 0 Å². The van der Waals surface area contributed by atoms with Gasteiger partial charge in [-0.2, -0.15) is 0 Å². The van der Waals surface area contributed by atoms with Gasteiger partial charge < -0.3 is 19.4 Å². The molecule has 1 aromatic heterocycles. The third kappa shape index (κ3) is 4.01. The average molecular weight is 382 g/mol. The normalized spacial score (nSPS) is 15.2. The minimum absolute atomic E-state index is 0.217. The Balaban J connectivity index is 1.61. The standard InChI is InChI=1S/C20H19FN4O3/c21-16-8-4-7-15(13-16)18(26)22-17(14-5-2-1-3-6-14)19-23-24-20(28-19)25-9-11-27-12-10-25/h1-8,13,17H,9-12H2,(H,22,26)/t17-/m1/s1. The second-order valence-corrected chi connectivity index (χ2v) is 6.35. The average Bonchev–Trinajstić information content (AvgIpc) is 3.23. The number of amides is 1. The van der Waals surface area contributed by atoms with Crippen LogP contribution in [0.5, 0.6) is 0 Å². The van der Waals surface area contributed by atoms with Crippen LogP contribution in [-0.2, 0) is 4.74 Å². The molecule has 2 heterocycles. The summed E-state index contributed by atoms with van der Waals surface area (Å²) in [6, 6.07) is 14.6. The van der Waals surface area contributed by atoms with Crippen molar-refractivity contribution in [1.29, 1.82) is 0 Å². The zero-order valence-corrected chi connectivity index (χ0v) is 15.0. The van der Waals surface area contributed by atoms with Crippen LogP contribution in [0.3, 0.4) is 0 Å². The van der Waals surface area contributed by atoms with E-state index >= 15 is 0 Å². The molecule has 0 aliphatic carbocycles. The van der Waals surface area contributed by atoms with Crippen LogP contribution in [0.2, 0.25) is 0 Å². The van der Waals surface area contributed by atoms with Gasteiger partial charge in [-0.3, -0.25) is 4.79 Å². The number of benzene rings is 2. The van der Waals surface area contributed by atoms with Gasteiger partial charge in [-0.1, -0.05) is 41.5 Å². The van der Waals surface area contributed by atoms with E-state index in [-0.39, 0.29) is 11.5 Å². The molecule has 144 valence electrons. The lowest BCUT2D eigenvalue weighted by atomic mass is 10.1. The summed E-state index contributed by atoms with van der Waals surface area (Å²) in [4.78, 5) is 14.6. The van der Waals surface area contributed by atoms with E-state index in [4.69, 9.17) is 9.15 Å². The zero-order valence-electron chi connectivity index (χ0n) is 15.0. The first kappa shape index (κ1) is 18.1. The van der Waals surface area contributed by atoms with E-state index in [1.165, 1.54) is 18.2 Å². The topological polar surface area (TPSA) is 80.5 Å². The highest BCUT2D eigenvalue weighted by atomic mass is 19.1. The monoisotopic (exact) mass is 382 g/mol. The van der Waals surface area contributed by atoms with Crippen LogP contribution < -0.4 is 10.2 Å². The summed E-state index contributed by atoms with van der Waals surface area (Å²) in [6.07, 6.45) is 0. The molecule has 1 N–H and O–H groups in total. The van der Waals surface area contributed by atoms with E-state index in [0.717, 1.165) is 5.56 Å². The van der Waals surface area contributed by atoms with Crippen LogP contribution in [0.25, 0.3) is 0 Å². The minimum Gasteiger partial charge on any atom is -0.405 e. The second-order valence-electron chi connectivity index (χ2n) is 6.35. The van der Waals surface area contributed by atoms with Crippen molar-refractivity contribution in [1.82, 2.24) is 15.5 Å². The molecule has 3 aromatic rings. The van der Waals surface area contributed by atoms with Gasteiger partial charge in [0.2, 0.25) is 5.89 Å². The summed E-state index contributed by atoms with van der Waals surface area (Å²) in [5.74, 6) is -0.645. The molecule has 1 aliphatic rings. The fraction of sp³-hybridized carbons (Fsp3) is 0.250. The summed E-state index contributed by atoms with van der Waals surface area (Å²) in [5.41, 5.74) is 0.998. The Kier molecular flexibility index (Phi) is 5.29. The molecule has 0 radical (unpaired) electrons. The third-order valence-electron chi connectivity index (χ3n) is 4.45. The number of hydrogen-bond acceptors (Lipinski definition) is 6. The molecule has 8 heteroatoms. The van der Waals surface area contributed by atoms with Crippen molar-refractivity contribution in [3.63, 3.8) is 0 Å². The Morgan fingerprint density at radius 2 is 1.86 bits per heavy atom. The highest BCUT2D eigenvalue weighted by molar-refractivity contribution is 5.94. The van der Waals surface area contributed by atoms with Gasteiger partial charge in [0, 0.05) is 18.7 Å². The van der Waals surface area contributed by atoms with Crippen molar-refractivity contribution in [3.05, 3.63) is 77.4 Å². The van der Waals surface area contributed by atoms with Gasteiger partial charge in [-0.05, 0) is 23.8 Å². The van der Waals surface area contributed by atoms with Crippen molar-refractivity contribution in [3.8, 4) is 0 Å². The van der Waals surface area contributed by atoms with Gasteiger partial charge in [0.1, 0.15) is 11.9 Å². The highest BCUT2D eigenvalue weighted by Crippen LogP contribution is 2.24. The van der Waals surface area contributed by atoms with Crippen LogP contribution in [0.15, 0.2) is 59.0 Å². The van der Waals surface area contributed by atoms with Crippen molar-refractivity contribution < 1.29 is 18.3 Å². The van der Waals surface area contributed by atoms with E-state index in [0.29, 0.717) is 32.3 Å². The maximum atomic E-state index is 13.5. The maximum absolute atomic E-state index is 13.5. The Hall–Kier alpha value is -3.26. The number of aromatic nitrogens is 2. The molecule has 0 spiro atoms. The fourth-order valence-electron chi connectivity index (χ4n) is 3.00. The van der Waals surface area contributed by atoms with Crippen LogP contribution in [0.1, 0.15) is 27.9 Å². The fourth-order valence-corrected chi connectivity index (χ4v) is 3.00. The lowest BCUT2D eigenvalue weighted by molar-refractivity contribution is 0.0937. The molecule has 1 amide bonds. The Labute approximate surface area is 161 Å². The second kappa shape index (κ2) is 8.18.